The zero-order chi connectivity index (χ0) is 13.9. The quantitative estimate of drug-likeness (QED) is 0.572. The van der Waals surface area contributed by atoms with Crippen LogP contribution in [-0.4, -0.2) is 42.6 Å². The number of nitro groups is 1. The Morgan fingerprint density at radius 1 is 1.44 bits per heavy atom. The number of pyridine rings is 1. The van der Waals surface area contributed by atoms with Crippen molar-refractivity contribution in [3.63, 3.8) is 0 Å². The highest BCUT2D eigenvalue weighted by Crippen LogP contribution is 2.35. The number of nitrogens with zero attached hydrogens (tertiary/aromatic N) is 3. The van der Waals surface area contributed by atoms with Crippen LogP contribution >= 0.6 is 0 Å². The second-order valence-corrected chi connectivity index (χ2v) is 4.06. The molecule has 0 spiro atoms. The number of nitrogen functional groups attached to an aromatic ring is 2. The molecule has 0 atom stereocenters. The van der Waals surface area contributed by atoms with Crippen molar-refractivity contribution in [3.05, 3.63) is 15.7 Å². The molecule has 18 heavy (non-hydrogen) atoms. The monoisotopic (exact) mass is 255 g/mol. The van der Waals surface area contributed by atoms with Gasteiger partial charge >= 0.3 is 5.69 Å². The van der Waals surface area contributed by atoms with E-state index in [0.717, 1.165) is 0 Å². The van der Waals surface area contributed by atoms with Gasteiger partial charge in [0.2, 0.25) is 11.7 Å². The van der Waals surface area contributed by atoms with Crippen LogP contribution in [0.1, 0.15) is 5.56 Å². The predicted octanol–water partition coefficient (Wildman–Crippen LogP) is 0.267. The van der Waals surface area contributed by atoms with Gasteiger partial charge in [-0.2, -0.15) is 4.98 Å². The standard InChI is InChI=1S/C10H17N5O3/c1-14(2)5-4-6-7(11)10(18-3)13-9(12)8(6)15(16)17/h4-5,11H2,1-3H3,(H2,12,13). The first-order chi connectivity index (χ1) is 8.38. The Morgan fingerprint density at radius 2 is 2.06 bits per heavy atom. The van der Waals surface area contributed by atoms with Crippen LogP contribution < -0.4 is 16.2 Å². The van der Waals surface area contributed by atoms with Gasteiger partial charge in [-0.3, -0.25) is 10.1 Å². The van der Waals surface area contributed by atoms with E-state index in [9.17, 15) is 10.1 Å². The first-order valence-corrected chi connectivity index (χ1v) is 5.29. The second-order valence-electron chi connectivity index (χ2n) is 4.06. The summed E-state index contributed by atoms with van der Waals surface area (Å²) in [6, 6.07) is 0. The van der Waals surface area contributed by atoms with Crippen LogP contribution in [0.3, 0.4) is 0 Å². The summed E-state index contributed by atoms with van der Waals surface area (Å²) in [5, 5.41) is 11.0. The summed E-state index contributed by atoms with van der Waals surface area (Å²) in [5.74, 6) is -0.0633. The highest BCUT2D eigenvalue weighted by atomic mass is 16.6. The van der Waals surface area contributed by atoms with Crippen molar-refractivity contribution in [2.75, 3.05) is 39.2 Å². The molecule has 0 bridgehead atoms. The predicted molar refractivity (Wildman–Crippen MR) is 68.5 cm³/mol. The summed E-state index contributed by atoms with van der Waals surface area (Å²) in [5.41, 5.74) is 11.7. The number of ether oxygens (including phenoxy) is 1. The number of likely N-dealkylation sites (N-methyl/N-ethyl adjacent to an activating group) is 1. The molecule has 1 aromatic rings. The fraction of sp³-hybridized carbons (Fsp3) is 0.500. The van der Waals surface area contributed by atoms with Crippen LogP contribution in [-0.2, 0) is 6.42 Å². The van der Waals surface area contributed by atoms with Crippen molar-refractivity contribution < 1.29 is 9.66 Å². The van der Waals surface area contributed by atoms with E-state index in [2.05, 4.69) is 4.98 Å². The van der Waals surface area contributed by atoms with Crippen LogP contribution in [0.15, 0.2) is 0 Å². The molecule has 8 nitrogen and oxygen atoms in total. The second kappa shape index (κ2) is 5.50. The Hall–Kier alpha value is -2.09. The number of hydrogen-bond acceptors (Lipinski definition) is 7. The normalized spacial score (nSPS) is 10.7. The van der Waals surface area contributed by atoms with Gasteiger partial charge < -0.3 is 21.1 Å². The Kier molecular flexibility index (Phi) is 4.27. The Balaban J connectivity index is 3.32. The van der Waals surface area contributed by atoms with E-state index in [4.69, 9.17) is 16.2 Å². The van der Waals surface area contributed by atoms with Gasteiger partial charge in [-0.15, -0.1) is 0 Å². The molecule has 0 aliphatic carbocycles. The number of aromatic nitrogens is 1. The minimum Gasteiger partial charge on any atom is -0.479 e. The topological polar surface area (TPSA) is 121 Å². The smallest absolute Gasteiger partial charge is 0.316 e. The molecule has 0 aliphatic heterocycles. The lowest BCUT2D eigenvalue weighted by Crippen LogP contribution is -2.17. The van der Waals surface area contributed by atoms with Gasteiger partial charge in [-0.1, -0.05) is 0 Å². The lowest BCUT2D eigenvalue weighted by atomic mass is 10.1. The fourth-order valence-electron chi connectivity index (χ4n) is 1.58. The summed E-state index contributed by atoms with van der Waals surface area (Å²) in [6.07, 6.45) is 0.401. The van der Waals surface area contributed by atoms with Gasteiger partial charge in [0.15, 0.2) is 0 Å². The van der Waals surface area contributed by atoms with Crippen LogP contribution in [0.5, 0.6) is 5.88 Å². The number of rotatable bonds is 5. The summed E-state index contributed by atoms with van der Waals surface area (Å²) in [6.45, 7) is 0.609. The van der Waals surface area contributed by atoms with Gasteiger partial charge in [-0.05, 0) is 20.5 Å². The molecule has 0 aromatic carbocycles. The van der Waals surface area contributed by atoms with E-state index in [1.807, 2.05) is 19.0 Å². The molecule has 0 amide bonds. The minimum atomic E-state index is -0.566. The van der Waals surface area contributed by atoms with Gasteiger partial charge in [0.05, 0.1) is 17.6 Å². The van der Waals surface area contributed by atoms with Crippen LogP contribution in [0, 0.1) is 10.1 Å². The molecule has 4 N–H and O–H groups in total. The SMILES string of the molecule is COc1nc(N)c([N+](=O)[O-])c(CCN(C)C)c1N. The molecule has 0 fully saturated rings. The maximum Gasteiger partial charge on any atom is 0.316 e. The number of hydrogen-bond donors (Lipinski definition) is 2. The number of nitrogens with two attached hydrogens (primary N) is 2. The highest BCUT2D eigenvalue weighted by Gasteiger charge is 2.25. The lowest BCUT2D eigenvalue weighted by Gasteiger charge is -2.13. The molecule has 0 radical (unpaired) electrons. The van der Waals surface area contributed by atoms with Crippen LogP contribution in [0.4, 0.5) is 17.2 Å². The van der Waals surface area contributed by atoms with Crippen molar-refractivity contribution in [1.29, 1.82) is 0 Å². The van der Waals surface area contributed by atoms with Crippen molar-refractivity contribution >= 4 is 17.2 Å². The zero-order valence-electron chi connectivity index (χ0n) is 10.6. The molecule has 0 saturated heterocycles. The average molecular weight is 255 g/mol. The molecule has 1 rings (SSSR count). The summed E-state index contributed by atoms with van der Waals surface area (Å²) in [7, 11) is 5.12. The Bertz CT molecular complexity index is 461. The molecule has 0 saturated carbocycles. The van der Waals surface area contributed by atoms with E-state index >= 15 is 0 Å². The van der Waals surface area contributed by atoms with Crippen molar-refractivity contribution in [1.82, 2.24) is 9.88 Å². The Labute approximate surface area is 105 Å². The summed E-state index contributed by atoms with van der Waals surface area (Å²) < 4.78 is 4.96. The van der Waals surface area contributed by atoms with Gasteiger partial charge in [0, 0.05) is 6.54 Å². The maximum atomic E-state index is 11.0. The average Bonchev–Trinajstić information content (AvgIpc) is 2.28. The molecular weight excluding hydrogens is 238 g/mol. The molecule has 0 aliphatic rings. The fourth-order valence-corrected chi connectivity index (χ4v) is 1.58. The molecule has 1 heterocycles. The molecule has 100 valence electrons. The summed E-state index contributed by atoms with van der Waals surface area (Å²) in [4.78, 5) is 16.1. The Morgan fingerprint density at radius 3 is 2.50 bits per heavy atom. The van der Waals surface area contributed by atoms with E-state index in [1.165, 1.54) is 7.11 Å². The molecule has 0 unspecified atom stereocenters. The third-order valence-corrected chi connectivity index (χ3v) is 2.49. The van der Waals surface area contributed by atoms with E-state index < -0.39 is 4.92 Å². The summed E-state index contributed by atoms with van der Waals surface area (Å²) >= 11 is 0. The zero-order valence-corrected chi connectivity index (χ0v) is 10.6. The van der Waals surface area contributed by atoms with Gasteiger partial charge in [-0.25, -0.2) is 0 Å². The molecule has 1 aromatic heterocycles. The van der Waals surface area contributed by atoms with Crippen molar-refractivity contribution in [2.45, 2.75) is 6.42 Å². The van der Waals surface area contributed by atoms with Gasteiger partial charge in [0.1, 0.15) is 5.69 Å². The lowest BCUT2D eigenvalue weighted by molar-refractivity contribution is -0.384. The van der Waals surface area contributed by atoms with E-state index in [0.29, 0.717) is 18.5 Å². The molecular formula is C10H17N5O3. The van der Waals surface area contributed by atoms with E-state index in [-0.39, 0.29) is 23.1 Å². The van der Waals surface area contributed by atoms with Gasteiger partial charge in [0.25, 0.3) is 0 Å². The van der Waals surface area contributed by atoms with Crippen LogP contribution in [0.25, 0.3) is 0 Å². The number of methoxy groups -OCH3 is 1. The van der Waals surface area contributed by atoms with E-state index in [1.54, 1.807) is 0 Å². The van der Waals surface area contributed by atoms with Crippen molar-refractivity contribution in [3.8, 4) is 5.88 Å². The largest absolute Gasteiger partial charge is 0.479 e. The van der Waals surface area contributed by atoms with Crippen molar-refractivity contribution in [2.24, 2.45) is 0 Å². The third kappa shape index (κ3) is 2.77. The minimum absolute atomic E-state index is 0.117. The number of anilines is 2. The maximum absolute atomic E-state index is 11.0. The van der Waals surface area contributed by atoms with Crippen LogP contribution in [0.2, 0.25) is 0 Å². The third-order valence-electron chi connectivity index (χ3n) is 2.49. The first kappa shape index (κ1) is 14.0. The first-order valence-electron chi connectivity index (χ1n) is 5.29. The molecule has 8 heteroatoms. The highest BCUT2D eigenvalue weighted by molar-refractivity contribution is 5.71.